The van der Waals surface area contributed by atoms with Crippen LogP contribution in [0, 0.1) is 29.1 Å². The second kappa shape index (κ2) is 18.8. The second-order valence-corrected chi connectivity index (χ2v) is 20.6. The first-order chi connectivity index (χ1) is 32.6. The topological polar surface area (TPSA) is 194 Å². The number of ketones is 1. The molecule has 5 aliphatic heterocycles. The summed E-state index contributed by atoms with van der Waals surface area (Å²) >= 11 is 0. The summed E-state index contributed by atoms with van der Waals surface area (Å²) in [6, 6.07) is 4.05. The number of carbonyl (C=O) groups excluding carboxylic acids is 3. The van der Waals surface area contributed by atoms with E-state index in [1.54, 1.807) is 14.0 Å². The molecule has 360 valence electrons. The molecule has 10 rings (SSSR count). The standard InChI is InChI=1S/C53H66N2O12/c1-3-64-51(61)50-39(26-58)44-33-17-34(25-57)46(60)37(19-33)36-18-32-9-13-54-42(32)20-31(36)8-7-30(24-56)28-65-48-38-21-43(66-47(38)40(27-59)49(67-50)45(44)48)53(62)29-52(11-4-5-12-52)22-35-23-55(14-6-16-63-2)15-10-41(35)53/h9,18,20,26,30,34-35,37,41,43,56-57,59,62H,3-8,10-17,19,21-25,27-29H2,1-2H3. The molecule has 7 atom stereocenters. The zero-order valence-corrected chi connectivity index (χ0v) is 39.0. The number of piperidine rings is 1. The molecule has 7 unspecified atom stereocenters. The zero-order valence-electron chi connectivity index (χ0n) is 39.0. The number of hydrogen-bond donors (Lipinski definition) is 4. The smallest absolute Gasteiger partial charge is 0.375 e. The third-order valence-electron chi connectivity index (χ3n) is 16.8. The van der Waals surface area contributed by atoms with Crippen LogP contribution in [0.3, 0.4) is 0 Å². The van der Waals surface area contributed by atoms with Gasteiger partial charge in [0.15, 0.2) is 6.29 Å². The summed E-state index contributed by atoms with van der Waals surface area (Å²) < 4.78 is 31.5. The third-order valence-corrected chi connectivity index (χ3v) is 16.8. The minimum absolute atomic E-state index is 0.00391. The van der Waals surface area contributed by atoms with E-state index >= 15 is 0 Å². The highest BCUT2D eigenvalue weighted by Crippen LogP contribution is 2.62. The van der Waals surface area contributed by atoms with Crippen molar-refractivity contribution in [3.8, 4) is 17.2 Å². The molecule has 3 aliphatic carbocycles. The van der Waals surface area contributed by atoms with Crippen molar-refractivity contribution >= 4 is 29.7 Å². The molecule has 4 N–H and O–H groups in total. The molecular formula is C53H66N2O12. The number of carbonyl (C=O) groups is 3. The third kappa shape index (κ3) is 8.06. The number of Topliss-reactive ketones (excluding diaryl/α,β-unsaturated/α-hetero) is 1. The molecule has 1 saturated heterocycles. The lowest BCUT2D eigenvalue weighted by atomic mass is 9.54. The number of aliphatic hydroxyl groups excluding tert-OH is 3. The Morgan fingerprint density at radius 2 is 1.90 bits per heavy atom. The van der Waals surface area contributed by atoms with Gasteiger partial charge in [0.2, 0.25) is 5.76 Å². The summed E-state index contributed by atoms with van der Waals surface area (Å²) in [5, 5.41) is 48.7. The number of nitrogens with zero attached hydrogens (tertiary/aromatic N) is 2. The van der Waals surface area contributed by atoms with Gasteiger partial charge in [-0.2, -0.15) is 0 Å². The molecule has 2 bridgehead atoms. The van der Waals surface area contributed by atoms with Crippen LogP contribution in [-0.2, 0) is 43.3 Å². The van der Waals surface area contributed by atoms with E-state index in [9.17, 15) is 34.8 Å². The maximum Gasteiger partial charge on any atom is 0.375 e. The van der Waals surface area contributed by atoms with Gasteiger partial charge in [-0.15, -0.1) is 0 Å². The molecule has 0 aromatic heterocycles. The lowest BCUT2D eigenvalue weighted by molar-refractivity contribution is -0.183. The van der Waals surface area contributed by atoms with Gasteiger partial charge < -0.3 is 49.0 Å². The van der Waals surface area contributed by atoms with E-state index in [1.165, 1.54) is 0 Å². The number of fused-ring (bicyclic) bond motifs is 8. The van der Waals surface area contributed by atoms with Crippen LogP contribution in [0.2, 0.25) is 0 Å². The Balaban J connectivity index is 1.16. The van der Waals surface area contributed by atoms with Crippen LogP contribution >= 0.6 is 0 Å². The quantitative estimate of drug-likeness (QED) is 0.145. The van der Waals surface area contributed by atoms with E-state index in [0.29, 0.717) is 72.5 Å². The highest BCUT2D eigenvalue weighted by atomic mass is 16.6. The Kier molecular flexibility index (Phi) is 13.0. The summed E-state index contributed by atoms with van der Waals surface area (Å²) in [6.45, 7) is 4.41. The molecule has 2 aromatic carbocycles. The van der Waals surface area contributed by atoms with E-state index in [1.807, 2.05) is 18.2 Å². The first-order valence-electron chi connectivity index (χ1n) is 24.8. The second-order valence-electron chi connectivity index (χ2n) is 20.6. The van der Waals surface area contributed by atoms with Crippen LogP contribution in [0.5, 0.6) is 17.2 Å². The fourth-order valence-corrected chi connectivity index (χ4v) is 13.7. The Hall–Kier alpha value is -4.44. The van der Waals surface area contributed by atoms with Gasteiger partial charge in [0, 0.05) is 68.7 Å². The maximum atomic E-state index is 14.6. The van der Waals surface area contributed by atoms with Gasteiger partial charge in [-0.25, -0.2) is 4.79 Å². The van der Waals surface area contributed by atoms with Crippen molar-refractivity contribution in [2.75, 3.05) is 66.3 Å². The maximum absolute atomic E-state index is 14.6. The number of ether oxygens (including phenoxy) is 5. The van der Waals surface area contributed by atoms with Crippen LogP contribution in [0.4, 0.5) is 0 Å². The van der Waals surface area contributed by atoms with Crippen molar-refractivity contribution in [3.05, 3.63) is 67.4 Å². The lowest BCUT2D eigenvalue weighted by Gasteiger charge is -2.57. The molecule has 4 fully saturated rings. The number of rotatable bonds is 11. The highest BCUT2D eigenvalue weighted by molar-refractivity contribution is 6.11. The number of hydrogen-bond acceptors (Lipinski definition) is 14. The van der Waals surface area contributed by atoms with Gasteiger partial charge in [-0.1, -0.05) is 24.5 Å². The molecule has 3 saturated carbocycles. The molecule has 14 nitrogen and oxygen atoms in total. The fraction of sp³-hybridized carbons (Fsp3) is 0.623. The molecule has 5 heterocycles. The minimum atomic E-state index is -1.23. The molecule has 0 radical (unpaired) electrons. The number of likely N-dealkylation sites (tertiary alicyclic amines) is 1. The van der Waals surface area contributed by atoms with E-state index in [4.69, 9.17) is 23.7 Å². The minimum Gasteiger partial charge on any atom is -0.492 e. The number of methoxy groups -OCH3 is 1. The van der Waals surface area contributed by atoms with Crippen molar-refractivity contribution in [2.45, 2.75) is 115 Å². The number of aryl methyl sites for hydroxylation is 1. The average Bonchev–Trinajstić information content (AvgIpc) is 4.11. The molecule has 2 aromatic rings. The molecule has 14 heteroatoms. The Morgan fingerprint density at radius 1 is 1.06 bits per heavy atom. The molecule has 8 aliphatic rings. The van der Waals surface area contributed by atoms with Crippen molar-refractivity contribution in [3.63, 3.8) is 0 Å². The van der Waals surface area contributed by atoms with Crippen LogP contribution in [0.25, 0.3) is 11.6 Å². The lowest BCUT2D eigenvalue weighted by Crippen LogP contribution is -2.63. The molecular weight excluding hydrogens is 857 g/mol. The van der Waals surface area contributed by atoms with E-state index in [-0.39, 0.29) is 90.7 Å². The van der Waals surface area contributed by atoms with Crippen molar-refractivity contribution in [1.29, 1.82) is 0 Å². The first-order valence-corrected chi connectivity index (χ1v) is 24.8. The van der Waals surface area contributed by atoms with Crippen molar-refractivity contribution < 1.29 is 58.5 Å². The van der Waals surface area contributed by atoms with Gasteiger partial charge >= 0.3 is 5.97 Å². The predicted octanol–water partition coefficient (Wildman–Crippen LogP) is 3.81. The van der Waals surface area contributed by atoms with Gasteiger partial charge in [-0.3, -0.25) is 14.6 Å². The summed E-state index contributed by atoms with van der Waals surface area (Å²) in [7, 11) is 1.73. The molecule has 1 spiro atoms. The highest BCUT2D eigenvalue weighted by Gasteiger charge is 2.61. The van der Waals surface area contributed by atoms with Crippen LogP contribution in [0.1, 0.15) is 111 Å². The van der Waals surface area contributed by atoms with Crippen LogP contribution < -0.4 is 24.8 Å². The zero-order chi connectivity index (χ0) is 46.6. The summed E-state index contributed by atoms with van der Waals surface area (Å²) in [4.78, 5) is 49.4. The fourth-order valence-electron chi connectivity index (χ4n) is 13.7. The Morgan fingerprint density at radius 3 is 2.64 bits per heavy atom. The van der Waals surface area contributed by atoms with Crippen molar-refractivity contribution in [2.24, 2.45) is 34.1 Å². The first kappa shape index (κ1) is 46.3. The Labute approximate surface area is 391 Å². The summed E-state index contributed by atoms with van der Waals surface area (Å²) in [6.07, 6.45) is 11.2. The summed E-state index contributed by atoms with van der Waals surface area (Å²) in [5.41, 5.74) is 2.55. The van der Waals surface area contributed by atoms with Gasteiger partial charge in [-0.05, 0) is 123 Å². The summed E-state index contributed by atoms with van der Waals surface area (Å²) in [5.74, 6) is -2.36. The Bertz CT molecular complexity index is 2510. The number of aldehydes is 1. The van der Waals surface area contributed by atoms with Gasteiger partial charge in [0.05, 0.1) is 55.0 Å². The predicted molar refractivity (Wildman–Crippen MR) is 246 cm³/mol. The van der Waals surface area contributed by atoms with E-state index in [2.05, 4.69) is 9.89 Å². The number of benzene rings is 2. The van der Waals surface area contributed by atoms with Gasteiger partial charge in [0.1, 0.15) is 34.7 Å². The number of aliphatic hydroxyl groups is 4. The monoisotopic (exact) mass is 922 g/mol. The van der Waals surface area contributed by atoms with Crippen LogP contribution in [0.15, 0.2) is 34.0 Å². The van der Waals surface area contributed by atoms with E-state index in [0.717, 1.165) is 86.3 Å². The van der Waals surface area contributed by atoms with Gasteiger partial charge in [0.25, 0.3) is 0 Å². The number of allylic oxidation sites excluding steroid dienone is 3. The van der Waals surface area contributed by atoms with Crippen molar-refractivity contribution in [1.82, 2.24) is 4.90 Å². The van der Waals surface area contributed by atoms with Crippen LogP contribution in [-0.4, -0.2) is 121 Å². The van der Waals surface area contributed by atoms with E-state index < -0.39 is 42.7 Å². The number of esters is 1. The molecule has 0 amide bonds. The largest absolute Gasteiger partial charge is 0.492 e. The normalized spacial score (nSPS) is 29.6. The molecule has 67 heavy (non-hydrogen) atoms. The average molecular weight is 923 g/mol. The SMILES string of the molecule is CCOC(=O)C1=C(C=O)C2=C3CC(CO)C(=O)C(C3)c3cc4c(cc3CCC(CO)COc3c5c(c(CO)c(c32)O1)OC(C1(O)CC2(CCCC2)CC2CN(CCCOC)CCC21)C5)=NCC=4.